The first-order valence-electron chi connectivity index (χ1n) is 29.1. The minimum absolute atomic E-state index is 0.0493. The van der Waals surface area contributed by atoms with Crippen LogP contribution in [-0.2, 0) is 21.7 Å². The van der Waals surface area contributed by atoms with Gasteiger partial charge in [0.2, 0.25) is 0 Å². The Labute approximate surface area is 471 Å². The fourth-order valence-corrected chi connectivity index (χ4v) is 14.4. The van der Waals surface area contributed by atoms with E-state index in [2.05, 4.69) is 277 Å². The van der Waals surface area contributed by atoms with Gasteiger partial charge in [-0.15, -0.1) is 0 Å². The van der Waals surface area contributed by atoms with Gasteiger partial charge in [-0.2, -0.15) is 0 Å². The molecule has 0 saturated carbocycles. The van der Waals surface area contributed by atoms with E-state index in [-0.39, 0.29) is 21.7 Å². The molecule has 0 bridgehead atoms. The highest BCUT2D eigenvalue weighted by Gasteiger charge is 2.34. The van der Waals surface area contributed by atoms with E-state index in [1.807, 2.05) is 0 Å². The molecule has 15 rings (SSSR count). The van der Waals surface area contributed by atoms with Crippen molar-refractivity contribution in [2.45, 2.75) is 105 Å². The van der Waals surface area contributed by atoms with Crippen LogP contribution in [0.25, 0.3) is 153 Å². The van der Waals surface area contributed by atoms with Crippen molar-refractivity contribution in [3.8, 4) is 66.8 Å². The maximum absolute atomic E-state index is 2.52. The first-order chi connectivity index (χ1) is 38.3. The summed E-state index contributed by atoms with van der Waals surface area (Å²) in [5.74, 6) is 0. The lowest BCUT2D eigenvalue weighted by Crippen LogP contribution is -2.17. The van der Waals surface area contributed by atoms with Crippen LogP contribution in [0.5, 0.6) is 0 Å². The van der Waals surface area contributed by atoms with Crippen LogP contribution >= 0.6 is 0 Å². The van der Waals surface area contributed by atoms with Crippen molar-refractivity contribution in [1.29, 1.82) is 0 Å². The fourth-order valence-electron chi connectivity index (χ4n) is 14.4. The Bertz CT molecular complexity index is 4740. The predicted molar refractivity (Wildman–Crippen MR) is 350 cm³/mol. The smallest absolute Gasteiger partial charge is 0.000697 e. The first kappa shape index (κ1) is 48.8. The Morgan fingerprint density at radius 3 is 1.11 bits per heavy atom. The quantitative estimate of drug-likeness (QED) is 0.165. The molecule has 14 aromatic carbocycles. The van der Waals surface area contributed by atoms with Gasteiger partial charge in [-0.25, -0.2) is 0 Å². The normalized spacial score (nSPS) is 13.2. The van der Waals surface area contributed by atoms with Gasteiger partial charge in [0.15, 0.2) is 0 Å². The second kappa shape index (κ2) is 16.6. The minimum atomic E-state index is -0.0493. The highest BCUT2D eigenvalue weighted by molar-refractivity contribution is 6.48. The molecular weight excluding hydrogens is 961 g/mol. The molecule has 0 fully saturated rings. The van der Waals surface area contributed by atoms with Gasteiger partial charge in [-0.3, -0.25) is 0 Å². The Balaban J connectivity index is 1.06. The summed E-state index contributed by atoms with van der Waals surface area (Å²) in [7, 11) is 0. The van der Waals surface area contributed by atoms with E-state index in [4.69, 9.17) is 0 Å². The molecule has 0 aromatic heterocycles. The zero-order chi connectivity index (χ0) is 55.1. The van der Waals surface area contributed by atoms with Crippen molar-refractivity contribution in [2.24, 2.45) is 0 Å². The molecule has 388 valence electrons. The van der Waals surface area contributed by atoms with Gasteiger partial charge in [0.05, 0.1) is 0 Å². The van der Waals surface area contributed by atoms with Crippen LogP contribution in [0.1, 0.15) is 105 Å². The Morgan fingerprint density at radius 2 is 0.562 bits per heavy atom. The summed E-state index contributed by atoms with van der Waals surface area (Å²) < 4.78 is 0. The number of hydrogen-bond acceptors (Lipinski definition) is 0. The molecule has 80 heavy (non-hydrogen) atoms. The van der Waals surface area contributed by atoms with Gasteiger partial charge in [0.25, 0.3) is 0 Å². The molecule has 0 radical (unpaired) electrons. The van der Waals surface area contributed by atoms with Gasteiger partial charge in [0.1, 0.15) is 0 Å². The lowest BCUT2D eigenvalue weighted by Gasteiger charge is -2.29. The molecule has 0 heteroatoms. The average molecular weight is 1030 g/mol. The lowest BCUT2D eigenvalue weighted by atomic mass is 9.75. The third kappa shape index (κ3) is 6.94. The van der Waals surface area contributed by atoms with Crippen LogP contribution in [0.4, 0.5) is 0 Å². The molecule has 0 N–H and O–H groups in total. The van der Waals surface area contributed by atoms with Crippen LogP contribution in [0.15, 0.2) is 194 Å². The molecular formula is C80H68. The summed E-state index contributed by atoms with van der Waals surface area (Å²) in [6.45, 7) is 28.4. The second-order valence-electron chi connectivity index (χ2n) is 27.6. The van der Waals surface area contributed by atoms with Gasteiger partial charge in [-0.05, 0) is 197 Å². The maximum Gasteiger partial charge on any atom is -0.000697 e. The number of fused-ring (bicyclic) bond motifs is 11. The van der Waals surface area contributed by atoms with E-state index in [1.54, 1.807) is 0 Å². The van der Waals surface area contributed by atoms with Crippen molar-refractivity contribution < 1.29 is 0 Å². The summed E-state index contributed by atoms with van der Waals surface area (Å²) in [6.07, 6.45) is 0. The van der Waals surface area contributed by atoms with Crippen LogP contribution in [0.3, 0.4) is 0 Å². The molecule has 0 saturated heterocycles. The van der Waals surface area contributed by atoms with Gasteiger partial charge in [-0.1, -0.05) is 277 Å². The molecule has 1 aliphatic rings. The molecule has 0 spiro atoms. The molecule has 0 nitrogen and oxygen atoms in total. The lowest BCUT2D eigenvalue weighted by molar-refractivity contribution is 0.568. The van der Waals surface area contributed by atoms with Gasteiger partial charge < -0.3 is 0 Å². The summed E-state index contributed by atoms with van der Waals surface area (Å²) >= 11 is 0. The van der Waals surface area contributed by atoms with Crippen LogP contribution < -0.4 is 0 Å². The van der Waals surface area contributed by atoms with E-state index >= 15 is 0 Å². The molecule has 0 atom stereocenters. The topological polar surface area (TPSA) is 0 Å². The Hall–Kier alpha value is -8.32. The SMILES string of the molecule is CC(C)(C)c1cc(-c2c3c(c(-c4cc(C(C)(C)C)cc(C(C)(C)C)c4)c4ccccc24)-c2ccc(-c4ccc5c6c(-c7ccccc7)c7cccc8c9ccccc9c(c78)c6c6cccc4c56)c4cccc-3c24)cc(C(C)(C)C)c1. The highest BCUT2D eigenvalue weighted by atomic mass is 14.4. The minimum Gasteiger partial charge on any atom is -0.0622 e. The summed E-state index contributed by atoms with van der Waals surface area (Å²) in [6, 6.07) is 75.8. The van der Waals surface area contributed by atoms with E-state index in [9.17, 15) is 0 Å². The highest BCUT2D eigenvalue weighted by Crippen LogP contribution is 2.61. The van der Waals surface area contributed by atoms with Crippen molar-refractivity contribution in [3.63, 3.8) is 0 Å². The first-order valence-corrected chi connectivity index (χ1v) is 29.1. The Morgan fingerprint density at radius 1 is 0.188 bits per heavy atom. The largest absolute Gasteiger partial charge is 0.0622 e. The second-order valence-corrected chi connectivity index (χ2v) is 27.6. The Kier molecular flexibility index (Phi) is 10.1. The van der Waals surface area contributed by atoms with Gasteiger partial charge >= 0.3 is 0 Å². The predicted octanol–water partition coefficient (Wildman–Crippen LogP) is 23.3. The summed E-state index contributed by atoms with van der Waals surface area (Å²) in [4.78, 5) is 0. The van der Waals surface area contributed by atoms with Crippen molar-refractivity contribution in [3.05, 3.63) is 216 Å². The standard InChI is InChI=1S/C80H68/c1-77(2,3)48-39-46(40-49(43-48)78(4,5)6)67-59-27-18-19-28-60(59)68(47-41-50(79(7,8)9)44-51(42-47)80(10,11)12)75-65-38-36-53(55-29-20-33-62(69(55)65)73(67)75)54-35-37-64-70-56(54)30-21-34-63(70)76-72-58-26-17-16-25-52(58)57-31-22-32-61(71(57)72)66(74(64)76)45-23-14-13-15-24-45/h13-44H,1-12H3. The maximum atomic E-state index is 2.52. The molecule has 14 aromatic rings. The third-order valence-electron chi connectivity index (χ3n) is 18.5. The monoisotopic (exact) mass is 1030 g/mol. The molecule has 1 aliphatic carbocycles. The zero-order valence-electron chi connectivity index (χ0n) is 48.5. The van der Waals surface area contributed by atoms with Crippen LogP contribution in [0, 0.1) is 0 Å². The van der Waals surface area contributed by atoms with E-state index in [0.29, 0.717) is 0 Å². The van der Waals surface area contributed by atoms with Gasteiger partial charge in [0, 0.05) is 0 Å². The number of benzene rings is 12. The van der Waals surface area contributed by atoms with Crippen molar-refractivity contribution in [2.75, 3.05) is 0 Å². The van der Waals surface area contributed by atoms with Crippen LogP contribution in [0.2, 0.25) is 0 Å². The van der Waals surface area contributed by atoms with E-state index < -0.39 is 0 Å². The van der Waals surface area contributed by atoms with E-state index in [1.165, 1.54) is 175 Å². The fraction of sp³-hybridized carbons (Fsp3) is 0.200. The molecule has 0 heterocycles. The number of rotatable bonds is 4. The molecule has 0 unspecified atom stereocenters. The molecule has 0 aliphatic heterocycles. The average Bonchev–Trinajstić information content (AvgIpc) is 2.16. The zero-order valence-corrected chi connectivity index (χ0v) is 48.5. The van der Waals surface area contributed by atoms with Crippen molar-refractivity contribution in [1.82, 2.24) is 0 Å². The van der Waals surface area contributed by atoms with E-state index in [0.717, 1.165) is 0 Å². The third-order valence-corrected chi connectivity index (χ3v) is 18.5. The molecule has 0 amide bonds. The summed E-state index contributed by atoms with van der Waals surface area (Å²) in [5.41, 5.74) is 20.9. The number of hydrogen-bond donors (Lipinski definition) is 0. The van der Waals surface area contributed by atoms with Crippen molar-refractivity contribution >= 4 is 86.2 Å². The summed E-state index contributed by atoms with van der Waals surface area (Å²) in [5, 5.41) is 21.3. The van der Waals surface area contributed by atoms with Crippen LogP contribution in [-0.4, -0.2) is 0 Å².